The number of allylic oxidation sites excluding steroid dienone is 2. The van der Waals surface area contributed by atoms with Gasteiger partial charge in [0.15, 0.2) is 0 Å². The molecule has 0 spiro atoms. The van der Waals surface area contributed by atoms with Crippen molar-refractivity contribution in [3.63, 3.8) is 0 Å². The first kappa shape index (κ1) is 10.8. The van der Waals surface area contributed by atoms with Gasteiger partial charge in [-0.1, -0.05) is 18.6 Å². The molecule has 1 N–H and O–H groups in total. The van der Waals surface area contributed by atoms with E-state index < -0.39 is 5.60 Å². The summed E-state index contributed by atoms with van der Waals surface area (Å²) >= 11 is 0. The van der Waals surface area contributed by atoms with E-state index in [2.05, 4.69) is 12.2 Å². The van der Waals surface area contributed by atoms with E-state index in [-0.39, 0.29) is 0 Å². The van der Waals surface area contributed by atoms with Gasteiger partial charge < -0.3 is 5.11 Å². The molecule has 13 heavy (non-hydrogen) atoms. The van der Waals surface area contributed by atoms with Gasteiger partial charge in [-0.25, -0.2) is 0 Å². The second-order valence-electron chi connectivity index (χ2n) is 4.63. The molecule has 0 saturated carbocycles. The van der Waals surface area contributed by atoms with Crippen LogP contribution in [0.5, 0.6) is 0 Å². The predicted octanol–water partition coefficient (Wildman–Crippen LogP) is 3.24. The lowest BCUT2D eigenvalue weighted by Gasteiger charge is -2.20. The minimum absolute atomic E-state index is 0.481. The molecule has 0 aromatic carbocycles. The highest BCUT2D eigenvalue weighted by atomic mass is 16.3. The number of hydrogen-bond acceptors (Lipinski definition) is 1. The van der Waals surface area contributed by atoms with Crippen LogP contribution >= 0.6 is 0 Å². The summed E-state index contributed by atoms with van der Waals surface area (Å²) in [4.78, 5) is 0. The summed E-state index contributed by atoms with van der Waals surface area (Å²) in [5.41, 5.74) is -0.481. The normalized spacial score (nSPS) is 19.3. The summed E-state index contributed by atoms with van der Waals surface area (Å²) in [6.45, 7) is 3.77. The zero-order chi connectivity index (χ0) is 9.73. The zero-order valence-electron chi connectivity index (χ0n) is 8.84. The van der Waals surface area contributed by atoms with Gasteiger partial charge in [-0.15, -0.1) is 0 Å². The highest BCUT2D eigenvalue weighted by molar-refractivity contribution is 5.04. The van der Waals surface area contributed by atoms with Crippen LogP contribution in [-0.2, 0) is 0 Å². The third-order valence-corrected chi connectivity index (χ3v) is 2.56. The van der Waals surface area contributed by atoms with E-state index in [1.807, 2.05) is 13.8 Å². The van der Waals surface area contributed by atoms with Crippen LogP contribution in [-0.4, -0.2) is 10.7 Å². The molecule has 1 heteroatoms. The molecule has 1 rings (SSSR count). The Bertz CT molecular complexity index is 164. The summed E-state index contributed by atoms with van der Waals surface area (Å²) in [6, 6.07) is 0. The Morgan fingerprint density at radius 1 is 1.38 bits per heavy atom. The Balaban J connectivity index is 2.09. The van der Waals surface area contributed by atoms with Crippen molar-refractivity contribution in [3.05, 3.63) is 18.1 Å². The first-order chi connectivity index (χ1) is 6.08. The van der Waals surface area contributed by atoms with Crippen LogP contribution in [0.4, 0.5) is 0 Å². The fraction of sp³-hybridized carbons (Fsp3) is 0.750. The Morgan fingerprint density at radius 2 is 2.15 bits per heavy atom. The van der Waals surface area contributed by atoms with Gasteiger partial charge >= 0.3 is 0 Å². The Morgan fingerprint density at radius 3 is 2.69 bits per heavy atom. The summed E-state index contributed by atoms with van der Waals surface area (Å²) in [5, 5.41) is 9.52. The predicted molar refractivity (Wildman–Crippen MR) is 56.4 cm³/mol. The van der Waals surface area contributed by atoms with E-state index in [1.165, 1.54) is 25.7 Å². The molecule has 0 fully saturated rings. The summed E-state index contributed by atoms with van der Waals surface area (Å²) in [7, 11) is 0. The van der Waals surface area contributed by atoms with Crippen LogP contribution in [0.1, 0.15) is 52.4 Å². The molecule has 0 aliphatic heterocycles. The molecule has 1 aliphatic carbocycles. The fourth-order valence-electron chi connectivity index (χ4n) is 1.76. The zero-order valence-corrected chi connectivity index (χ0v) is 8.84. The SMILES string of the molecule is CC(C)(O)CCC[C]1CC=CCC1. The fourth-order valence-corrected chi connectivity index (χ4v) is 1.76. The largest absolute Gasteiger partial charge is 0.390 e. The van der Waals surface area contributed by atoms with Gasteiger partial charge in [0.1, 0.15) is 0 Å². The molecule has 0 aromatic rings. The van der Waals surface area contributed by atoms with Gasteiger partial charge in [0, 0.05) is 0 Å². The third-order valence-electron chi connectivity index (χ3n) is 2.56. The van der Waals surface area contributed by atoms with E-state index >= 15 is 0 Å². The monoisotopic (exact) mass is 181 g/mol. The minimum atomic E-state index is -0.481. The highest BCUT2D eigenvalue weighted by Crippen LogP contribution is 2.26. The molecular formula is C12H21O. The van der Waals surface area contributed by atoms with Crippen LogP contribution in [0, 0.1) is 5.92 Å². The Labute approximate surface area is 81.9 Å². The first-order valence-corrected chi connectivity index (χ1v) is 5.29. The summed E-state index contributed by atoms with van der Waals surface area (Å²) in [5.74, 6) is 1.66. The van der Waals surface area contributed by atoms with Crippen molar-refractivity contribution in [2.24, 2.45) is 0 Å². The van der Waals surface area contributed by atoms with E-state index in [1.54, 1.807) is 5.92 Å². The molecule has 1 aliphatic rings. The molecule has 1 radical (unpaired) electrons. The standard InChI is InChI=1S/C12H21O/c1-12(2,13)10-6-9-11-7-4-3-5-8-11/h3-4,13H,5-10H2,1-2H3. The first-order valence-electron chi connectivity index (χ1n) is 5.29. The van der Waals surface area contributed by atoms with Crippen molar-refractivity contribution >= 4 is 0 Å². The molecular weight excluding hydrogens is 160 g/mol. The van der Waals surface area contributed by atoms with E-state index in [0.717, 1.165) is 12.8 Å². The van der Waals surface area contributed by atoms with Crippen molar-refractivity contribution < 1.29 is 5.11 Å². The van der Waals surface area contributed by atoms with Gasteiger partial charge in [-0.3, -0.25) is 0 Å². The quantitative estimate of drug-likeness (QED) is 0.660. The number of hydrogen-bond donors (Lipinski definition) is 1. The maximum atomic E-state index is 9.52. The van der Waals surface area contributed by atoms with E-state index in [9.17, 15) is 5.11 Å². The second-order valence-corrected chi connectivity index (χ2v) is 4.63. The molecule has 0 bridgehead atoms. The molecule has 0 amide bonds. The lowest BCUT2D eigenvalue weighted by atomic mass is 9.88. The Kier molecular flexibility index (Phi) is 3.98. The van der Waals surface area contributed by atoms with Gasteiger partial charge in [-0.2, -0.15) is 0 Å². The molecule has 0 aromatic heterocycles. The van der Waals surface area contributed by atoms with E-state index in [0.29, 0.717) is 0 Å². The average molecular weight is 181 g/mol. The molecule has 75 valence electrons. The minimum Gasteiger partial charge on any atom is -0.390 e. The highest BCUT2D eigenvalue weighted by Gasteiger charge is 2.14. The van der Waals surface area contributed by atoms with Crippen molar-refractivity contribution in [3.8, 4) is 0 Å². The smallest absolute Gasteiger partial charge is 0.0591 e. The number of rotatable bonds is 4. The van der Waals surface area contributed by atoms with Crippen LogP contribution < -0.4 is 0 Å². The van der Waals surface area contributed by atoms with Crippen LogP contribution in [0.3, 0.4) is 0 Å². The van der Waals surface area contributed by atoms with Crippen LogP contribution in [0.2, 0.25) is 0 Å². The summed E-state index contributed by atoms with van der Waals surface area (Å²) < 4.78 is 0. The maximum absolute atomic E-state index is 9.52. The van der Waals surface area contributed by atoms with Crippen LogP contribution in [0.15, 0.2) is 12.2 Å². The second kappa shape index (κ2) is 4.80. The molecule has 0 unspecified atom stereocenters. The molecule has 0 heterocycles. The molecule has 0 saturated heterocycles. The molecule has 0 atom stereocenters. The molecule has 1 nitrogen and oxygen atoms in total. The van der Waals surface area contributed by atoms with Crippen molar-refractivity contribution in [1.29, 1.82) is 0 Å². The van der Waals surface area contributed by atoms with Crippen molar-refractivity contribution in [2.75, 3.05) is 0 Å². The lowest BCUT2D eigenvalue weighted by Crippen LogP contribution is -2.18. The summed E-state index contributed by atoms with van der Waals surface area (Å²) in [6.07, 6.45) is 11.4. The van der Waals surface area contributed by atoms with Gasteiger partial charge in [-0.05, 0) is 51.9 Å². The third kappa shape index (κ3) is 5.09. The topological polar surface area (TPSA) is 20.2 Å². The number of aliphatic hydroxyl groups is 1. The van der Waals surface area contributed by atoms with Crippen molar-refractivity contribution in [1.82, 2.24) is 0 Å². The van der Waals surface area contributed by atoms with Crippen molar-refractivity contribution in [2.45, 2.75) is 58.0 Å². The maximum Gasteiger partial charge on any atom is 0.0591 e. The van der Waals surface area contributed by atoms with Gasteiger partial charge in [0.2, 0.25) is 0 Å². The van der Waals surface area contributed by atoms with E-state index in [4.69, 9.17) is 0 Å². The van der Waals surface area contributed by atoms with Gasteiger partial charge in [0.05, 0.1) is 5.60 Å². The average Bonchev–Trinajstić information content (AvgIpc) is 2.04. The van der Waals surface area contributed by atoms with Gasteiger partial charge in [0.25, 0.3) is 0 Å². The van der Waals surface area contributed by atoms with Crippen LogP contribution in [0.25, 0.3) is 0 Å². The Hall–Kier alpha value is -0.300. The lowest BCUT2D eigenvalue weighted by molar-refractivity contribution is 0.0684.